The van der Waals surface area contributed by atoms with E-state index in [-0.39, 0.29) is 17.8 Å². The average molecular weight is 440 g/mol. The molecule has 0 unspecified atom stereocenters. The van der Waals surface area contributed by atoms with Crippen molar-refractivity contribution in [2.24, 2.45) is 9.98 Å². The highest BCUT2D eigenvalue weighted by Gasteiger charge is 2.06. The summed E-state index contributed by atoms with van der Waals surface area (Å²) in [6.45, 7) is 0. The van der Waals surface area contributed by atoms with E-state index in [0.717, 1.165) is 0 Å². The highest BCUT2D eigenvalue weighted by atomic mass is 35.5. The number of benzene rings is 2. The average Bonchev–Trinajstić information content (AvgIpc) is 2.60. The van der Waals surface area contributed by atoms with Gasteiger partial charge in [0.05, 0.1) is 20.1 Å². The topological polar surface area (TPSA) is 89.4 Å². The number of rotatable bonds is 4. The fourth-order valence-electron chi connectivity index (χ4n) is 2.00. The van der Waals surface area contributed by atoms with Crippen LogP contribution in [0.25, 0.3) is 0 Å². The van der Waals surface area contributed by atoms with E-state index in [0.29, 0.717) is 31.2 Å². The molecule has 2 N–H and O–H groups in total. The van der Waals surface area contributed by atoms with Crippen LogP contribution in [-0.4, -0.2) is 27.4 Å². The van der Waals surface area contributed by atoms with Crippen LogP contribution in [0.4, 0.5) is 17.8 Å². The van der Waals surface area contributed by atoms with Crippen LogP contribution in [0.5, 0.6) is 0 Å². The van der Waals surface area contributed by atoms with Crippen molar-refractivity contribution in [3.63, 3.8) is 0 Å². The summed E-state index contributed by atoms with van der Waals surface area (Å²) in [6, 6.07) is 10.2. The molecule has 0 amide bonds. The van der Waals surface area contributed by atoms with E-state index < -0.39 is 0 Å². The summed E-state index contributed by atoms with van der Waals surface area (Å²) in [5.74, 6) is 0.0617. The Balaban J connectivity index is 1.91. The molecule has 0 aliphatic carbocycles. The van der Waals surface area contributed by atoms with E-state index in [1.807, 2.05) is 0 Å². The molecule has 1 heterocycles. The maximum Gasteiger partial charge on any atom is 0.256 e. The third kappa shape index (κ3) is 4.93. The molecule has 0 saturated carbocycles. The van der Waals surface area contributed by atoms with Crippen LogP contribution in [0.1, 0.15) is 11.1 Å². The van der Waals surface area contributed by atoms with E-state index in [9.17, 15) is 0 Å². The van der Waals surface area contributed by atoms with Crippen LogP contribution >= 0.6 is 46.4 Å². The second-order valence-electron chi connectivity index (χ2n) is 5.08. The van der Waals surface area contributed by atoms with Gasteiger partial charge in [-0.2, -0.15) is 15.0 Å². The second kappa shape index (κ2) is 8.63. The van der Waals surface area contributed by atoms with Gasteiger partial charge in [-0.25, -0.2) is 9.98 Å². The number of nitrogen functional groups attached to an aromatic ring is 1. The zero-order valence-electron chi connectivity index (χ0n) is 13.4. The van der Waals surface area contributed by atoms with Crippen molar-refractivity contribution in [1.82, 2.24) is 15.0 Å². The molecule has 3 rings (SSSR count). The Hall–Kier alpha value is -2.25. The number of nitrogens with two attached hydrogens (primary N) is 1. The zero-order valence-corrected chi connectivity index (χ0v) is 16.5. The van der Waals surface area contributed by atoms with Gasteiger partial charge < -0.3 is 5.73 Å². The number of anilines is 1. The van der Waals surface area contributed by atoms with Crippen LogP contribution in [0, 0.1) is 0 Å². The van der Waals surface area contributed by atoms with Crippen molar-refractivity contribution in [3.05, 3.63) is 67.6 Å². The standard InChI is InChI=1S/C17H10Cl4N6/c18-11-3-1-4-12(19)9(11)7-23-16-25-15(22)26-17(27-16)24-8-10-13(20)5-2-6-14(10)21/h1-8H,(H2,22,25,26,27). The predicted octanol–water partition coefficient (Wildman–Crippen LogP) is 5.57. The van der Waals surface area contributed by atoms with Crippen LogP contribution in [0.15, 0.2) is 46.4 Å². The second-order valence-corrected chi connectivity index (χ2v) is 6.71. The van der Waals surface area contributed by atoms with Gasteiger partial charge in [-0.05, 0) is 24.3 Å². The van der Waals surface area contributed by atoms with Gasteiger partial charge in [-0.15, -0.1) is 0 Å². The SMILES string of the molecule is Nc1nc(N=Cc2c(Cl)cccc2Cl)nc(N=Cc2c(Cl)cccc2Cl)n1. The molecule has 0 bridgehead atoms. The monoisotopic (exact) mass is 438 g/mol. The summed E-state index contributed by atoms with van der Waals surface area (Å²) in [5.41, 5.74) is 6.77. The maximum atomic E-state index is 6.10. The fourth-order valence-corrected chi connectivity index (χ4v) is 2.99. The van der Waals surface area contributed by atoms with Crippen LogP contribution in [0.2, 0.25) is 20.1 Å². The summed E-state index contributed by atoms with van der Waals surface area (Å²) in [4.78, 5) is 20.3. The van der Waals surface area contributed by atoms with Crippen LogP contribution < -0.4 is 5.73 Å². The van der Waals surface area contributed by atoms with Crippen molar-refractivity contribution in [3.8, 4) is 0 Å². The Bertz CT molecular complexity index is 931. The van der Waals surface area contributed by atoms with Gasteiger partial charge >= 0.3 is 0 Å². The molecule has 0 aliphatic rings. The molecule has 1 aromatic heterocycles. The normalized spacial score (nSPS) is 11.6. The quantitative estimate of drug-likeness (QED) is 0.538. The number of aliphatic imine (C=N–C) groups is 2. The van der Waals surface area contributed by atoms with Crippen molar-refractivity contribution in [1.29, 1.82) is 0 Å². The van der Waals surface area contributed by atoms with E-state index >= 15 is 0 Å². The molecule has 27 heavy (non-hydrogen) atoms. The minimum absolute atomic E-state index is 0.0418. The van der Waals surface area contributed by atoms with Crippen molar-refractivity contribution < 1.29 is 0 Å². The smallest absolute Gasteiger partial charge is 0.256 e. The van der Waals surface area contributed by atoms with E-state index in [1.54, 1.807) is 36.4 Å². The molecule has 0 radical (unpaired) electrons. The molecule has 0 saturated heterocycles. The Morgan fingerprint density at radius 2 is 1.04 bits per heavy atom. The largest absolute Gasteiger partial charge is 0.368 e. The summed E-state index contributed by atoms with van der Waals surface area (Å²) in [5, 5.41) is 1.78. The lowest BCUT2D eigenvalue weighted by Crippen LogP contribution is -1.97. The molecular formula is C17H10Cl4N6. The zero-order chi connectivity index (χ0) is 19.4. The number of hydrogen-bond acceptors (Lipinski definition) is 6. The lowest BCUT2D eigenvalue weighted by molar-refractivity contribution is 1.04. The molecule has 0 atom stereocenters. The summed E-state index contributed by atoms with van der Waals surface area (Å²) in [7, 11) is 0. The third-order valence-corrected chi connectivity index (χ3v) is 4.57. The fraction of sp³-hybridized carbons (Fsp3) is 0. The van der Waals surface area contributed by atoms with Crippen molar-refractivity contribution in [2.75, 3.05) is 5.73 Å². The molecule has 0 fully saturated rings. The highest BCUT2D eigenvalue weighted by Crippen LogP contribution is 2.24. The Kier molecular flexibility index (Phi) is 6.23. The molecule has 10 heteroatoms. The van der Waals surface area contributed by atoms with Gasteiger partial charge in [0.2, 0.25) is 5.95 Å². The molecule has 0 spiro atoms. The molecular weight excluding hydrogens is 430 g/mol. The number of halogens is 4. The first-order valence-corrected chi connectivity index (χ1v) is 8.93. The first-order valence-electron chi connectivity index (χ1n) is 7.42. The Morgan fingerprint density at radius 1 is 0.667 bits per heavy atom. The summed E-state index contributed by atoms with van der Waals surface area (Å²) in [6.07, 6.45) is 2.88. The minimum atomic E-state index is -0.0418. The lowest BCUT2D eigenvalue weighted by atomic mass is 10.2. The van der Waals surface area contributed by atoms with Crippen molar-refractivity contribution >= 4 is 76.7 Å². The summed E-state index contributed by atoms with van der Waals surface area (Å²) >= 11 is 24.4. The molecule has 136 valence electrons. The highest BCUT2D eigenvalue weighted by molar-refractivity contribution is 6.39. The van der Waals surface area contributed by atoms with Gasteiger partial charge in [0.25, 0.3) is 11.9 Å². The Labute approximate surface area is 174 Å². The minimum Gasteiger partial charge on any atom is -0.368 e. The lowest BCUT2D eigenvalue weighted by Gasteiger charge is -2.01. The van der Waals surface area contributed by atoms with Crippen molar-refractivity contribution in [2.45, 2.75) is 0 Å². The number of hydrogen-bond donors (Lipinski definition) is 1. The maximum absolute atomic E-state index is 6.10. The summed E-state index contributed by atoms with van der Waals surface area (Å²) < 4.78 is 0. The van der Waals surface area contributed by atoms with Crippen LogP contribution in [0.3, 0.4) is 0 Å². The number of nitrogens with zero attached hydrogens (tertiary/aromatic N) is 5. The van der Waals surface area contributed by atoms with Gasteiger partial charge in [0, 0.05) is 23.6 Å². The first-order chi connectivity index (χ1) is 12.9. The van der Waals surface area contributed by atoms with Gasteiger partial charge in [0.1, 0.15) is 0 Å². The van der Waals surface area contributed by atoms with E-state index in [2.05, 4.69) is 24.9 Å². The predicted molar refractivity (Wildman–Crippen MR) is 112 cm³/mol. The van der Waals surface area contributed by atoms with Gasteiger partial charge in [-0.1, -0.05) is 58.5 Å². The molecule has 3 aromatic rings. The van der Waals surface area contributed by atoms with Gasteiger partial charge in [0.15, 0.2) is 0 Å². The first kappa shape index (κ1) is 19.5. The Morgan fingerprint density at radius 3 is 1.41 bits per heavy atom. The van der Waals surface area contributed by atoms with Crippen LogP contribution in [-0.2, 0) is 0 Å². The van der Waals surface area contributed by atoms with E-state index in [1.165, 1.54) is 12.4 Å². The van der Waals surface area contributed by atoms with Gasteiger partial charge in [-0.3, -0.25) is 0 Å². The molecule has 2 aromatic carbocycles. The third-order valence-electron chi connectivity index (χ3n) is 3.25. The molecule has 6 nitrogen and oxygen atoms in total. The molecule has 0 aliphatic heterocycles. The number of aromatic nitrogens is 3. The van der Waals surface area contributed by atoms with E-state index in [4.69, 9.17) is 52.1 Å².